The maximum Gasteiger partial charge on any atom is 0.341 e. The highest BCUT2D eigenvalue weighted by molar-refractivity contribution is 7.99. The molecule has 0 saturated carbocycles. The highest BCUT2D eigenvalue weighted by Crippen LogP contribution is 2.26. The number of esters is 1. The van der Waals surface area contributed by atoms with Crippen LogP contribution in [0.3, 0.4) is 0 Å². The SMILES string of the molecule is CC(=O)NNC(=O)COC(=O)c1cccnc1SC(F)F. The van der Waals surface area contributed by atoms with Crippen LogP contribution in [0, 0.1) is 0 Å². The van der Waals surface area contributed by atoms with Gasteiger partial charge in [-0.2, -0.15) is 8.78 Å². The van der Waals surface area contributed by atoms with Crippen molar-refractivity contribution in [1.29, 1.82) is 0 Å². The van der Waals surface area contributed by atoms with E-state index in [2.05, 4.69) is 9.72 Å². The molecule has 0 aliphatic heterocycles. The van der Waals surface area contributed by atoms with Gasteiger partial charge in [-0.3, -0.25) is 20.4 Å². The number of hydrogen-bond donors (Lipinski definition) is 2. The summed E-state index contributed by atoms with van der Waals surface area (Å²) in [7, 11) is 0. The number of alkyl halides is 2. The van der Waals surface area contributed by atoms with Gasteiger partial charge in [0.05, 0.1) is 5.56 Å². The number of hydrazine groups is 1. The predicted molar refractivity (Wildman–Crippen MR) is 68.3 cm³/mol. The minimum absolute atomic E-state index is 0.0990. The molecule has 1 rings (SSSR count). The van der Waals surface area contributed by atoms with E-state index in [9.17, 15) is 23.2 Å². The van der Waals surface area contributed by atoms with Crippen LogP contribution in [0.4, 0.5) is 8.78 Å². The Morgan fingerprint density at radius 2 is 2.10 bits per heavy atom. The number of carbonyl (C=O) groups excluding carboxylic acids is 3. The molecule has 0 atom stereocenters. The van der Waals surface area contributed by atoms with Gasteiger partial charge in [0.15, 0.2) is 6.61 Å². The second kappa shape index (κ2) is 8.15. The number of carbonyl (C=O) groups is 3. The summed E-state index contributed by atoms with van der Waals surface area (Å²) in [5.74, 6) is -4.98. The van der Waals surface area contributed by atoms with Crippen molar-refractivity contribution in [2.24, 2.45) is 0 Å². The van der Waals surface area contributed by atoms with E-state index in [4.69, 9.17) is 0 Å². The highest BCUT2D eigenvalue weighted by atomic mass is 32.2. The fraction of sp³-hybridized carbons (Fsp3) is 0.273. The Morgan fingerprint density at radius 1 is 1.38 bits per heavy atom. The van der Waals surface area contributed by atoms with E-state index in [1.54, 1.807) is 0 Å². The monoisotopic (exact) mass is 319 g/mol. The summed E-state index contributed by atoms with van der Waals surface area (Å²) in [5, 5.41) is -0.195. The molecule has 0 spiro atoms. The molecule has 1 aromatic heterocycles. The van der Waals surface area contributed by atoms with E-state index >= 15 is 0 Å². The molecule has 0 aliphatic rings. The Morgan fingerprint density at radius 3 is 2.71 bits per heavy atom. The van der Waals surface area contributed by atoms with Gasteiger partial charge in [0.2, 0.25) is 5.91 Å². The number of thioether (sulfide) groups is 1. The average molecular weight is 319 g/mol. The summed E-state index contributed by atoms with van der Waals surface area (Å²) < 4.78 is 29.3. The van der Waals surface area contributed by atoms with E-state index in [-0.39, 0.29) is 22.4 Å². The fourth-order valence-corrected chi connectivity index (χ4v) is 1.70. The van der Waals surface area contributed by atoms with E-state index in [0.717, 1.165) is 0 Å². The van der Waals surface area contributed by atoms with Crippen molar-refractivity contribution in [3.05, 3.63) is 23.9 Å². The fourth-order valence-electron chi connectivity index (χ4n) is 1.13. The molecule has 0 bridgehead atoms. The maximum atomic E-state index is 12.3. The number of aromatic nitrogens is 1. The molecule has 114 valence electrons. The molecule has 1 heterocycles. The first kappa shape index (κ1) is 16.8. The third-order valence-corrected chi connectivity index (χ3v) is 2.63. The summed E-state index contributed by atoms with van der Waals surface area (Å²) in [6, 6.07) is 2.63. The van der Waals surface area contributed by atoms with Crippen LogP contribution in [0.5, 0.6) is 0 Å². The van der Waals surface area contributed by atoms with Crippen molar-refractivity contribution in [3.8, 4) is 0 Å². The van der Waals surface area contributed by atoms with Gasteiger partial charge >= 0.3 is 5.97 Å². The van der Waals surface area contributed by atoms with E-state index in [1.165, 1.54) is 25.3 Å². The quantitative estimate of drug-likeness (QED) is 0.471. The van der Waals surface area contributed by atoms with E-state index < -0.39 is 30.1 Å². The van der Waals surface area contributed by atoms with Crippen LogP contribution in [0.2, 0.25) is 0 Å². The molecular weight excluding hydrogens is 308 g/mol. The number of pyridine rings is 1. The van der Waals surface area contributed by atoms with Crippen molar-refractivity contribution in [2.75, 3.05) is 6.61 Å². The lowest BCUT2D eigenvalue weighted by molar-refractivity contribution is -0.129. The first-order valence-corrected chi connectivity index (χ1v) is 6.40. The first-order valence-electron chi connectivity index (χ1n) is 5.52. The lowest BCUT2D eigenvalue weighted by Crippen LogP contribution is -2.42. The van der Waals surface area contributed by atoms with Crippen LogP contribution >= 0.6 is 11.8 Å². The predicted octanol–water partition coefficient (Wildman–Crippen LogP) is 0.720. The Labute approximate surface area is 122 Å². The lowest BCUT2D eigenvalue weighted by atomic mass is 10.3. The smallest absolute Gasteiger partial charge is 0.341 e. The molecule has 10 heteroatoms. The summed E-state index contributed by atoms with van der Waals surface area (Å²) >= 11 is 0.0990. The van der Waals surface area contributed by atoms with Crippen molar-refractivity contribution >= 4 is 29.5 Å². The standard InChI is InChI=1S/C11H11F2N3O4S/c1-6(17)15-16-8(18)5-20-10(19)7-3-2-4-14-9(7)21-11(12)13/h2-4,11H,5H2,1H3,(H,15,17)(H,16,18). The highest BCUT2D eigenvalue weighted by Gasteiger charge is 2.18. The Bertz CT molecular complexity index is 542. The maximum absolute atomic E-state index is 12.3. The van der Waals surface area contributed by atoms with Crippen LogP contribution in [0.1, 0.15) is 17.3 Å². The molecular formula is C11H11F2N3O4S. The van der Waals surface area contributed by atoms with Gasteiger partial charge in [0, 0.05) is 13.1 Å². The minimum atomic E-state index is -2.74. The van der Waals surface area contributed by atoms with Crippen molar-refractivity contribution in [2.45, 2.75) is 17.7 Å². The summed E-state index contributed by atoms with van der Waals surface area (Å²) in [6.45, 7) is 0.503. The molecule has 0 radical (unpaired) electrons. The molecule has 0 fully saturated rings. The van der Waals surface area contributed by atoms with Crippen molar-refractivity contribution < 1.29 is 27.9 Å². The number of amides is 2. The molecule has 0 aliphatic carbocycles. The zero-order valence-corrected chi connectivity index (χ0v) is 11.6. The topological polar surface area (TPSA) is 97.4 Å². The molecule has 0 unspecified atom stereocenters. The Balaban J connectivity index is 2.59. The number of hydrogen-bond acceptors (Lipinski definition) is 6. The Kier molecular flexibility index (Phi) is 6.53. The number of nitrogens with zero attached hydrogens (tertiary/aromatic N) is 1. The third kappa shape index (κ3) is 6.17. The number of nitrogens with one attached hydrogen (secondary N) is 2. The van der Waals surface area contributed by atoms with Crippen LogP contribution < -0.4 is 10.9 Å². The van der Waals surface area contributed by atoms with Crippen molar-refractivity contribution in [1.82, 2.24) is 15.8 Å². The molecule has 0 saturated heterocycles. The minimum Gasteiger partial charge on any atom is -0.452 e. The largest absolute Gasteiger partial charge is 0.452 e. The van der Waals surface area contributed by atoms with Crippen LogP contribution in [0.25, 0.3) is 0 Å². The average Bonchev–Trinajstić information content (AvgIpc) is 2.42. The van der Waals surface area contributed by atoms with Gasteiger partial charge in [0.25, 0.3) is 11.7 Å². The molecule has 2 amide bonds. The number of ether oxygens (including phenoxy) is 1. The van der Waals surface area contributed by atoms with Gasteiger partial charge in [-0.1, -0.05) is 0 Å². The second-order valence-electron chi connectivity index (χ2n) is 3.54. The lowest BCUT2D eigenvalue weighted by Gasteiger charge is -2.08. The molecule has 0 aromatic carbocycles. The number of halogens is 2. The van der Waals surface area contributed by atoms with E-state index in [1.807, 2.05) is 10.9 Å². The molecule has 21 heavy (non-hydrogen) atoms. The summed E-state index contributed by atoms with van der Waals surface area (Å²) in [5.41, 5.74) is 3.81. The van der Waals surface area contributed by atoms with Gasteiger partial charge < -0.3 is 4.74 Å². The first-order chi connectivity index (χ1) is 9.90. The third-order valence-electron chi connectivity index (χ3n) is 1.90. The van der Waals surface area contributed by atoms with Crippen LogP contribution in [0.15, 0.2) is 23.4 Å². The van der Waals surface area contributed by atoms with E-state index in [0.29, 0.717) is 0 Å². The Hall–Kier alpha value is -2.23. The summed E-state index contributed by atoms with van der Waals surface area (Å²) in [4.78, 5) is 37.1. The van der Waals surface area contributed by atoms with Crippen molar-refractivity contribution in [3.63, 3.8) is 0 Å². The molecule has 7 nitrogen and oxygen atoms in total. The van der Waals surface area contributed by atoms with Gasteiger partial charge in [0.1, 0.15) is 5.03 Å². The molecule has 1 aromatic rings. The van der Waals surface area contributed by atoms with Crippen LogP contribution in [-0.2, 0) is 14.3 Å². The molecule has 2 N–H and O–H groups in total. The number of rotatable bonds is 5. The zero-order chi connectivity index (χ0) is 15.8. The van der Waals surface area contributed by atoms with Crippen LogP contribution in [-0.4, -0.2) is 35.1 Å². The zero-order valence-electron chi connectivity index (χ0n) is 10.8. The van der Waals surface area contributed by atoms with Gasteiger partial charge in [-0.05, 0) is 23.9 Å². The van der Waals surface area contributed by atoms with Gasteiger partial charge in [-0.25, -0.2) is 9.78 Å². The normalized spacial score (nSPS) is 10.1. The van der Waals surface area contributed by atoms with Gasteiger partial charge in [-0.15, -0.1) is 0 Å². The second-order valence-corrected chi connectivity index (χ2v) is 4.52. The summed E-state index contributed by atoms with van der Waals surface area (Å²) in [6.07, 6.45) is 1.25.